The van der Waals surface area contributed by atoms with Crippen LogP contribution in [-0.4, -0.2) is 27.8 Å². The number of carbonyl (C=O) groups excluding carboxylic acids is 1. The standard InChI is InChI=1S/C16H23N3O2/c1-16(2,3)18-15(21)17-10-14(20)12-5-6-13-11(9-12)7-8-19(13)4/h5-9,14,20H,10H2,1-4H3,(H2,17,18,21)/t14-/m0/s1. The number of fused-ring (bicyclic) bond motifs is 1. The average molecular weight is 289 g/mol. The van der Waals surface area contributed by atoms with Crippen molar-refractivity contribution in [1.82, 2.24) is 15.2 Å². The van der Waals surface area contributed by atoms with Crippen LogP contribution in [0.25, 0.3) is 10.9 Å². The number of benzene rings is 1. The van der Waals surface area contributed by atoms with Gasteiger partial charge in [0.1, 0.15) is 0 Å². The van der Waals surface area contributed by atoms with E-state index in [1.54, 1.807) is 0 Å². The molecule has 2 aromatic rings. The van der Waals surface area contributed by atoms with E-state index in [2.05, 4.69) is 10.6 Å². The molecular weight excluding hydrogens is 266 g/mol. The number of amides is 2. The Balaban J connectivity index is 1.98. The lowest BCUT2D eigenvalue weighted by atomic mass is 10.1. The molecule has 114 valence electrons. The van der Waals surface area contributed by atoms with Crippen molar-refractivity contribution in [2.75, 3.05) is 6.54 Å². The van der Waals surface area contributed by atoms with Gasteiger partial charge >= 0.3 is 6.03 Å². The molecule has 0 bridgehead atoms. The number of rotatable bonds is 3. The molecule has 1 atom stereocenters. The van der Waals surface area contributed by atoms with E-state index in [-0.39, 0.29) is 18.1 Å². The van der Waals surface area contributed by atoms with Crippen LogP contribution in [0.4, 0.5) is 4.79 Å². The van der Waals surface area contributed by atoms with Crippen molar-refractivity contribution >= 4 is 16.9 Å². The molecule has 0 saturated carbocycles. The van der Waals surface area contributed by atoms with Gasteiger partial charge in [-0.25, -0.2) is 4.79 Å². The van der Waals surface area contributed by atoms with Crippen LogP contribution in [0.5, 0.6) is 0 Å². The number of nitrogens with zero attached hydrogens (tertiary/aromatic N) is 1. The molecular formula is C16H23N3O2. The third-order valence-corrected chi connectivity index (χ3v) is 3.24. The highest BCUT2D eigenvalue weighted by Crippen LogP contribution is 2.20. The minimum atomic E-state index is -0.722. The topological polar surface area (TPSA) is 66.3 Å². The molecule has 2 rings (SSSR count). The third-order valence-electron chi connectivity index (χ3n) is 3.24. The zero-order valence-corrected chi connectivity index (χ0v) is 13.0. The maximum Gasteiger partial charge on any atom is 0.315 e. The van der Waals surface area contributed by atoms with Gasteiger partial charge in [0.15, 0.2) is 0 Å². The Morgan fingerprint density at radius 2 is 2.05 bits per heavy atom. The first-order valence-electron chi connectivity index (χ1n) is 7.05. The maximum absolute atomic E-state index is 11.7. The Morgan fingerprint density at radius 3 is 2.71 bits per heavy atom. The number of aliphatic hydroxyl groups is 1. The van der Waals surface area contributed by atoms with Crippen LogP contribution in [0, 0.1) is 0 Å². The van der Waals surface area contributed by atoms with Gasteiger partial charge in [-0.15, -0.1) is 0 Å². The highest BCUT2D eigenvalue weighted by molar-refractivity contribution is 5.81. The molecule has 5 heteroatoms. The molecule has 1 heterocycles. The zero-order valence-electron chi connectivity index (χ0n) is 13.0. The zero-order chi connectivity index (χ0) is 15.6. The van der Waals surface area contributed by atoms with Gasteiger partial charge in [0, 0.05) is 30.8 Å². The summed E-state index contributed by atoms with van der Waals surface area (Å²) in [5.74, 6) is 0. The Hall–Kier alpha value is -2.01. The lowest BCUT2D eigenvalue weighted by Gasteiger charge is -2.21. The second-order valence-corrected chi connectivity index (χ2v) is 6.35. The molecule has 3 N–H and O–H groups in total. The first kappa shape index (κ1) is 15.4. The van der Waals surface area contributed by atoms with Crippen LogP contribution in [0.1, 0.15) is 32.4 Å². The quantitative estimate of drug-likeness (QED) is 0.811. The summed E-state index contributed by atoms with van der Waals surface area (Å²) in [6.07, 6.45) is 1.26. The number of urea groups is 1. The minimum absolute atomic E-state index is 0.181. The number of carbonyl (C=O) groups is 1. The van der Waals surface area contributed by atoms with Crippen LogP contribution >= 0.6 is 0 Å². The van der Waals surface area contributed by atoms with Gasteiger partial charge in [-0.3, -0.25) is 0 Å². The van der Waals surface area contributed by atoms with Gasteiger partial charge in [-0.1, -0.05) is 6.07 Å². The smallest absolute Gasteiger partial charge is 0.315 e. The van der Waals surface area contributed by atoms with Crippen molar-refractivity contribution in [3.63, 3.8) is 0 Å². The van der Waals surface area contributed by atoms with Crippen molar-refractivity contribution in [2.24, 2.45) is 7.05 Å². The van der Waals surface area contributed by atoms with Gasteiger partial charge < -0.3 is 20.3 Å². The van der Waals surface area contributed by atoms with E-state index in [1.165, 1.54) is 0 Å². The summed E-state index contributed by atoms with van der Waals surface area (Å²) in [5, 5.41) is 16.7. The lowest BCUT2D eigenvalue weighted by molar-refractivity contribution is 0.171. The lowest BCUT2D eigenvalue weighted by Crippen LogP contribution is -2.47. The first-order chi connectivity index (χ1) is 9.76. The fourth-order valence-corrected chi connectivity index (χ4v) is 2.20. The van der Waals surface area contributed by atoms with Crippen molar-refractivity contribution in [3.8, 4) is 0 Å². The largest absolute Gasteiger partial charge is 0.387 e. The molecule has 5 nitrogen and oxygen atoms in total. The Labute approximate surface area is 125 Å². The van der Waals surface area contributed by atoms with Gasteiger partial charge in [0.2, 0.25) is 0 Å². The summed E-state index contributed by atoms with van der Waals surface area (Å²) in [4.78, 5) is 11.7. The van der Waals surface area contributed by atoms with Crippen LogP contribution in [0.3, 0.4) is 0 Å². The second kappa shape index (κ2) is 5.77. The van der Waals surface area contributed by atoms with Crippen molar-refractivity contribution in [2.45, 2.75) is 32.4 Å². The summed E-state index contributed by atoms with van der Waals surface area (Å²) in [5.41, 5.74) is 1.62. The third kappa shape index (κ3) is 3.98. The number of hydrogen-bond acceptors (Lipinski definition) is 2. The highest BCUT2D eigenvalue weighted by atomic mass is 16.3. The molecule has 0 unspecified atom stereocenters. The second-order valence-electron chi connectivity index (χ2n) is 6.35. The number of aryl methyl sites for hydroxylation is 1. The summed E-state index contributed by atoms with van der Waals surface area (Å²) >= 11 is 0. The highest BCUT2D eigenvalue weighted by Gasteiger charge is 2.15. The van der Waals surface area contributed by atoms with Gasteiger partial charge in [-0.05, 0) is 49.9 Å². The Bertz CT molecular complexity index is 640. The molecule has 0 spiro atoms. The first-order valence-corrected chi connectivity index (χ1v) is 7.05. The molecule has 0 aliphatic rings. The van der Waals surface area contributed by atoms with Gasteiger partial charge in [0.05, 0.1) is 6.10 Å². The maximum atomic E-state index is 11.7. The predicted molar refractivity (Wildman–Crippen MR) is 84.2 cm³/mol. The Kier molecular flexibility index (Phi) is 4.23. The average Bonchev–Trinajstić information content (AvgIpc) is 2.75. The Morgan fingerprint density at radius 1 is 1.33 bits per heavy atom. The molecule has 0 aliphatic heterocycles. The van der Waals surface area contributed by atoms with E-state index in [9.17, 15) is 9.90 Å². The number of aromatic nitrogens is 1. The van der Waals surface area contributed by atoms with E-state index in [0.29, 0.717) is 0 Å². The van der Waals surface area contributed by atoms with Crippen molar-refractivity contribution in [3.05, 3.63) is 36.0 Å². The van der Waals surface area contributed by atoms with Gasteiger partial charge in [-0.2, -0.15) is 0 Å². The number of aliphatic hydroxyl groups excluding tert-OH is 1. The van der Waals surface area contributed by atoms with E-state index in [0.717, 1.165) is 16.5 Å². The normalized spacial score (nSPS) is 13.2. The van der Waals surface area contributed by atoms with E-state index >= 15 is 0 Å². The van der Waals surface area contributed by atoms with E-state index in [1.807, 2.05) is 62.8 Å². The molecule has 1 aromatic heterocycles. The number of nitrogens with one attached hydrogen (secondary N) is 2. The molecule has 1 aromatic carbocycles. The van der Waals surface area contributed by atoms with Crippen molar-refractivity contribution in [1.29, 1.82) is 0 Å². The minimum Gasteiger partial charge on any atom is -0.387 e. The van der Waals surface area contributed by atoms with Crippen LogP contribution in [0.2, 0.25) is 0 Å². The summed E-state index contributed by atoms with van der Waals surface area (Å²) in [6, 6.07) is 7.54. The predicted octanol–water partition coefficient (Wildman–Crippen LogP) is 2.31. The van der Waals surface area contributed by atoms with Crippen LogP contribution in [0.15, 0.2) is 30.5 Å². The fourth-order valence-electron chi connectivity index (χ4n) is 2.20. The fraction of sp³-hybridized carbons (Fsp3) is 0.438. The monoisotopic (exact) mass is 289 g/mol. The molecule has 0 saturated heterocycles. The molecule has 21 heavy (non-hydrogen) atoms. The van der Waals surface area contributed by atoms with Crippen LogP contribution < -0.4 is 10.6 Å². The summed E-state index contributed by atoms with van der Waals surface area (Å²) in [6.45, 7) is 5.91. The van der Waals surface area contributed by atoms with E-state index in [4.69, 9.17) is 0 Å². The van der Waals surface area contributed by atoms with Crippen LogP contribution in [-0.2, 0) is 7.05 Å². The SMILES string of the molecule is Cn1ccc2cc([C@@H](O)CNC(=O)NC(C)(C)C)ccc21. The molecule has 0 fully saturated rings. The molecule has 0 aliphatic carbocycles. The molecule has 0 radical (unpaired) electrons. The van der Waals surface area contributed by atoms with Crippen molar-refractivity contribution < 1.29 is 9.90 Å². The summed E-state index contributed by atoms with van der Waals surface area (Å²) in [7, 11) is 1.98. The molecule has 2 amide bonds. The van der Waals surface area contributed by atoms with Gasteiger partial charge in [0.25, 0.3) is 0 Å². The number of hydrogen-bond donors (Lipinski definition) is 3. The van der Waals surface area contributed by atoms with E-state index < -0.39 is 6.10 Å². The summed E-state index contributed by atoms with van der Waals surface area (Å²) < 4.78 is 2.03.